The van der Waals surface area contributed by atoms with E-state index in [0.29, 0.717) is 42.5 Å². The van der Waals surface area contributed by atoms with Crippen LogP contribution in [-0.2, 0) is 6.42 Å². The molecule has 188 valence electrons. The minimum absolute atomic E-state index is 0.174. The number of carbonyl (C=O) groups excluding carboxylic acids is 1. The summed E-state index contributed by atoms with van der Waals surface area (Å²) in [5.41, 5.74) is 4.41. The first-order chi connectivity index (χ1) is 16.7. The van der Waals surface area contributed by atoms with Gasteiger partial charge < -0.3 is 19.7 Å². The lowest BCUT2D eigenvalue weighted by Gasteiger charge is -2.67. The maximum Gasteiger partial charge on any atom is 0.337 e. The minimum atomic E-state index is -2.48. The summed E-state index contributed by atoms with van der Waals surface area (Å²) in [6.07, 6.45) is 1.45. The normalized spacial score (nSPS) is 22.7. The van der Waals surface area contributed by atoms with E-state index < -0.39 is 10.6 Å². The molecule has 3 aliphatic heterocycles. The molecule has 1 atom stereocenters. The van der Waals surface area contributed by atoms with Gasteiger partial charge in [-0.15, -0.1) is 0 Å². The fourth-order valence-corrected chi connectivity index (χ4v) is 7.04. The van der Waals surface area contributed by atoms with Crippen molar-refractivity contribution in [3.63, 3.8) is 0 Å². The van der Waals surface area contributed by atoms with E-state index in [2.05, 4.69) is 16.3 Å². The number of hydrazone groups is 1. The number of urea groups is 1. The van der Waals surface area contributed by atoms with Crippen LogP contribution >= 0.6 is 10.6 Å². The van der Waals surface area contributed by atoms with Crippen LogP contribution in [0, 0.1) is 0 Å². The Morgan fingerprint density at radius 1 is 1.17 bits per heavy atom. The molecule has 0 aromatic heterocycles. The Bertz CT molecular complexity index is 1190. The molecule has 0 aliphatic carbocycles. The number of hydrogen-bond donors (Lipinski definition) is 3. The summed E-state index contributed by atoms with van der Waals surface area (Å²) >= 11 is 0. The summed E-state index contributed by atoms with van der Waals surface area (Å²) < 4.78 is 31.3. The van der Waals surface area contributed by atoms with Crippen LogP contribution in [0.1, 0.15) is 30.0 Å². The molecule has 2 aromatic rings. The maximum absolute atomic E-state index is 12.7. The van der Waals surface area contributed by atoms with Crippen LogP contribution in [0.3, 0.4) is 0 Å². The Kier molecular flexibility index (Phi) is 5.85. The molecule has 2 saturated heterocycles. The van der Waals surface area contributed by atoms with Crippen LogP contribution < -0.4 is 19.7 Å². The molecule has 3 heterocycles. The van der Waals surface area contributed by atoms with Gasteiger partial charge in [0.05, 0.1) is 30.7 Å². The average Bonchev–Trinajstić information content (AvgIpc) is 2.96. The molecule has 10 heteroatoms. The highest BCUT2D eigenvalue weighted by molar-refractivity contribution is 8.26. The first-order valence-corrected chi connectivity index (χ1v) is 13.4. The van der Waals surface area contributed by atoms with Gasteiger partial charge in [-0.1, -0.05) is 12.1 Å². The quantitative estimate of drug-likeness (QED) is 0.590. The number of carbonyl (C=O) groups is 1. The Hall–Kier alpha value is -2.95. The van der Waals surface area contributed by atoms with Crippen molar-refractivity contribution in [2.75, 3.05) is 45.0 Å². The number of rotatable bonds is 4. The largest absolute Gasteiger partial charge is 0.493 e. The third-order valence-corrected chi connectivity index (χ3v) is 10.0. The van der Waals surface area contributed by atoms with Gasteiger partial charge in [-0.25, -0.2) is 9.80 Å². The number of nitrogens with zero attached hydrogens (tertiary/aromatic N) is 3. The lowest BCUT2D eigenvalue weighted by atomic mass is 9.92. The van der Waals surface area contributed by atoms with Gasteiger partial charge >= 0.3 is 6.03 Å². The zero-order valence-electron chi connectivity index (χ0n) is 20.4. The Labute approximate surface area is 207 Å². The second-order valence-corrected chi connectivity index (χ2v) is 12.1. The predicted octanol–water partition coefficient (Wildman–Crippen LogP) is 3.76. The van der Waals surface area contributed by atoms with Crippen molar-refractivity contribution in [3.8, 4) is 11.5 Å². The molecule has 5 rings (SSSR count). The Morgan fingerprint density at radius 2 is 1.89 bits per heavy atom. The van der Waals surface area contributed by atoms with Crippen molar-refractivity contribution < 1.29 is 23.4 Å². The van der Waals surface area contributed by atoms with Gasteiger partial charge in [-0.2, -0.15) is 15.7 Å². The molecule has 0 radical (unpaired) electrons. The Balaban J connectivity index is 1.57. The highest BCUT2D eigenvalue weighted by Gasteiger charge is 2.59. The first kappa shape index (κ1) is 23.8. The number of anilines is 1. The van der Waals surface area contributed by atoms with Gasteiger partial charge in [0.1, 0.15) is 0 Å². The predicted molar refractivity (Wildman–Crippen MR) is 138 cm³/mol. The molecule has 1 spiro atoms. The number of methoxy groups -OCH3 is 2. The van der Waals surface area contributed by atoms with Crippen molar-refractivity contribution in [2.24, 2.45) is 5.10 Å². The molecule has 0 saturated carbocycles. The number of amides is 2. The van der Waals surface area contributed by atoms with Crippen LogP contribution in [0.15, 0.2) is 41.5 Å². The zero-order valence-corrected chi connectivity index (χ0v) is 21.3. The van der Waals surface area contributed by atoms with Crippen LogP contribution in [0.4, 0.5) is 10.5 Å². The van der Waals surface area contributed by atoms with Crippen LogP contribution in [-0.4, -0.2) is 76.8 Å². The second-order valence-electron chi connectivity index (χ2n) is 9.48. The highest BCUT2D eigenvalue weighted by Crippen LogP contribution is 2.67. The average molecular weight is 501 g/mol. The molecule has 9 nitrogen and oxygen atoms in total. The second kappa shape index (κ2) is 8.61. The molecule has 1 unspecified atom stereocenters. The van der Waals surface area contributed by atoms with Gasteiger partial charge in [0.2, 0.25) is 0 Å². The van der Waals surface area contributed by atoms with E-state index in [4.69, 9.17) is 14.6 Å². The molecule has 0 bridgehead atoms. The van der Waals surface area contributed by atoms with Gasteiger partial charge in [0.15, 0.2) is 11.5 Å². The standard InChI is InChI=1S/C25H32N4O5S/c1-16-10-18-12-21(33-3)22(34-4)13-20(18)23(27-29(16)24(30)26-2)17-6-5-7-19(11-17)28-14-25(15-28)8-9-35(25,31)32/h5-7,11-13,16,31-32H,8-10,14-15H2,1-4H3,(H,26,30). The van der Waals surface area contributed by atoms with Gasteiger partial charge in [0.25, 0.3) is 0 Å². The van der Waals surface area contributed by atoms with Crippen molar-refractivity contribution in [3.05, 3.63) is 53.1 Å². The number of hydrogen-bond acceptors (Lipinski definition) is 7. The van der Waals surface area contributed by atoms with E-state index >= 15 is 0 Å². The lowest BCUT2D eigenvalue weighted by Crippen LogP contribution is -2.69. The third kappa shape index (κ3) is 3.80. The van der Waals surface area contributed by atoms with E-state index in [0.717, 1.165) is 28.8 Å². The zero-order chi connectivity index (χ0) is 25.0. The fourth-order valence-electron chi connectivity index (χ4n) is 5.17. The van der Waals surface area contributed by atoms with E-state index in [9.17, 15) is 13.9 Å². The smallest absolute Gasteiger partial charge is 0.337 e. The summed E-state index contributed by atoms with van der Waals surface area (Å²) in [4.78, 5) is 14.9. The van der Waals surface area contributed by atoms with E-state index in [1.165, 1.54) is 5.01 Å². The van der Waals surface area contributed by atoms with Crippen LogP contribution in [0.2, 0.25) is 0 Å². The van der Waals surface area contributed by atoms with Gasteiger partial charge in [-0.3, -0.25) is 9.11 Å². The van der Waals surface area contributed by atoms with Gasteiger partial charge in [0, 0.05) is 42.7 Å². The topological polar surface area (TPSA) is 107 Å². The van der Waals surface area contributed by atoms with Crippen LogP contribution in [0.25, 0.3) is 0 Å². The van der Waals surface area contributed by atoms with E-state index in [1.807, 2.05) is 37.3 Å². The number of benzene rings is 2. The van der Waals surface area contributed by atoms with E-state index in [-0.39, 0.29) is 16.8 Å². The fraction of sp³-hybridized carbons (Fsp3) is 0.440. The van der Waals surface area contributed by atoms with Gasteiger partial charge in [-0.05, 0) is 49.6 Å². The number of ether oxygens (including phenoxy) is 2. The maximum atomic E-state index is 12.7. The third-order valence-electron chi connectivity index (χ3n) is 7.41. The van der Waals surface area contributed by atoms with Crippen molar-refractivity contribution in [1.82, 2.24) is 10.3 Å². The molecule has 2 fully saturated rings. The molecule has 3 N–H and O–H groups in total. The van der Waals surface area contributed by atoms with Crippen molar-refractivity contribution in [1.29, 1.82) is 0 Å². The monoisotopic (exact) mass is 500 g/mol. The lowest BCUT2D eigenvalue weighted by molar-refractivity contribution is 0.184. The SMILES string of the molecule is CNC(=O)N1N=C(c2cccc(N3CC4(CCS4(O)O)C3)c2)c2cc(OC)c(OC)cc2CC1C. The molecular formula is C25H32N4O5S. The van der Waals surface area contributed by atoms with E-state index in [1.54, 1.807) is 21.3 Å². The number of nitrogens with one attached hydrogen (secondary N) is 1. The Morgan fingerprint density at radius 3 is 2.49 bits per heavy atom. The molecule has 2 amide bonds. The first-order valence-electron chi connectivity index (χ1n) is 11.7. The van der Waals surface area contributed by atoms with Crippen molar-refractivity contribution >= 4 is 28.0 Å². The summed E-state index contributed by atoms with van der Waals surface area (Å²) in [5, 5.41) is 9.02. The minimum Gasteiger partial charge on any atom is -0.493 e. The molecule has 2 aromatic carbocycles. The summed E-state index contributed by atoms with van der Waals surface area (Å²) in [6.45, 7) is 3.23. The highest BCUT2D eigenvalue weighted by atomic mass is 32.3. The molecule has 3 aliphatic rings. The summed E-state index contributed by atoms with van der Waals surface area (Å²) in [6, 6.07) is 11.4. The summed E-state index contributed by atoms with van der Waals surface area (Å²) in [7, 11) is 2.32. The number of fused-ring (bicyclic) bond motifs is 1. The molecule has 35 heavy (non-hydrogen) atoms. The van der Waals surface area contributed by atoms with Crippen LogP contribution in [0.5, 0.6) is 11.5 Å². The van der Waals surface area contributed by atoms with Crippen molar-refractivity contribution in [2.45, 2.75) is 30.6 Å². The molecular weight excluding hydrogens is 468 g/mol. The summed E-state index contributed by atoms with van der Waals surface area (Å²) in [5.74, 6) is 1.73.